The van der Waals surface area contributed by atoms with Crippen molar-refractivity contribution in [3.8, 4) is 6.07 Å². The number of sulfonamides is 1. The molecule has 0 saturated carbocycles. The van der Waals surface area contributed by atoms with Gasteiger partial charge in [-0.15, -0.1) is 11.3 Å². The lowest BCUT2D eigenvalue weighted by molar-refractivity contribution is 0.581. The zero-order valence-electron chi connectivity index (χ0n) is 11.0. The van der Waals surface area contributed by atoms with Crippen LogP contribution >= 0.6 is 11.3 Å². The number of hydrogen-bond donors (Lipinski definition) is 1. The highest BCUT2D eigenvalue weighted by molar-refractivity contribution is 7.89. The van der Waals surface area contributed by atoms with Gasteiger partial charge in [-0.1, -0.05) is 0 Å². The molecule has 0 aromatic carbocycles. The Hall–Kier alpha value is -1.75. The van der Waals surface area contributed by atoms with Gasteiger partial charge in [0.1, 0.15) is 16.7 Å². The van der Waals surface area contributed by atoms with Gasteiger partial charge < -0.3 is 0 Å². The van der Waals surface area contributed by atoms with Crippen molar-refractivity contribution in [1.82, 2.24) is 9.71 Å². The van der Waals surface area contributed by atoms with Crippen LogP contribution < -0.4 is 4.72 Å². The van der Waals surface area contributed by atoms with Gasteiger partial charge in [-0.25, -0.2) is 18.1 Å². The zero-order chi connectivity index (χ0) is 14.8. The molecule has 0 saturated heterocycles. The molecule has 5 nitrogen and oxygen atoms in total. The van der Waals surface area contributed by atoms with E-state index in [4.69, 9.17) is 5.26 Å². The monoisotopic (exact) mass is 307 g/mol. The SMILES string of the molecule is Cc1cc(CNS(=O)(=O)c2ccc(C#N)nc2)sc1C. The number of nitrogens with one attached hydrogen (secondary N) is 1. The zero-order valence-corrected chi connectivity index (χ0v) is 12.7. The fourth-order valence-electron chi connectivity index (χ4n) is 1.59. The number of aryl methyl sites for hydroxylation is 2. The third-order valence-electron chi connectivity index (χ3n) is 2.81. The summed E-state index contributed by atoms with van der Waals surface area (Å²) in [6, 6.07) is 6.58. The van der Waals surface area contributed by atoms with Crippen molar-refractivity contribution < 1.29 is 8.42 Å². The van der Waals surface area contributed by atoms with Gasteiger partial charge in [0.05, 0.1) is 0 Å². The largest absolute Gasteiger partial charge is 0.244 e. The van der Waals surface area contributed by atoms with Gasteiger partial charge in [-0.3, -0.25) is 0 Å². The normalized spacial score (nSPS) is 11.2. The Labute approximate surface area is 122 Å². The molecular weight excluding hydrogens is 294 g/mol. The molecular formula is C13H13N3O2S2. The van der Waals surface area contributed by atoms with Crippen molar-refractivity contribution in [2.24, 2.45) is 0 Å². The molecule has 0 fully saturated rings. The van der Waals surface area contributed by atoms with Crippen LogP contribution in [-0.4, -0.2) is 13.4 Å². The Kier molecular flexibility index (Phi) is 4.18. The van der Waals surface area contributed by atoms with Crippen LogP contribution in [0.1, 0.15) is 21.0 Å². The van der Waals surface area contributed by atoms with Crippen molar-refractivity contribution in [2.45, 2.75) is 25.3 Å². The number of nitrogens with zero attached hydrogens (tertiary/aromatic N) is 2. The number of nitriles is 1. The standard InChI is InChI=1S/C13H13N3O2S2/c1-9-5-12(19-10(9)2)7-16-20(17,18)13-4-3-11(6-14)15-8-13/h3-5,8,16H,7H2,1-2H3. The van der Waals surface area contributed by atoms with E-state index in [0.717, 1.165) is 10.4 Å². The predicted octanol–water partition coefficient (Wildman–Crippen LogP) is 2.11. The quantitative estimate of drug-likeness (QED) is 0.937. The Morgan fingerprint density at radius 1 is 1.40 bits per heavy atom. The summed E-state index contributed by atoms with van der Waals surface area (Å²) in [6.07, 6.45) is 1.19. The number of aromatic nitrogens is 1. The highest BCUT2D eigenvalue weighted by Gasteiger charge is 2.15. The molecule has 0 spiro atoms. The van der Waals surface area contributed by atoms with Crippen molar-refractivity contribution in [1.29, 1.82) is 5.26 Å². The van der Waals surface area contributed by atoms with Gasteiger partial charge in [0.25, 0.3) is 0 Å². The van der Waals surface area contributed by atoms with Gasteiger partial charge in [0.2, 0.25) is 10.0 Å². The van der Waals surface area contributed by atoms with E-state index in [1.165, 1.54) is 23.2 Å². The maximum absolute atomic E-state index is 12.1. The molecule has 0 atom stereocenters. The van der Waals surface area contributed by atoms with Crippen LogP contribution in [0.25, 0.3) is 0 Å². The topological polar surface area (TPSA) is 82.9 Å². The molecule has 2 aromatic heterocycles. The van der Waals surface area contributed by atoms with E-state index < -0.39 is 10.0 Å². The van der Waals surface area contributed by atoms with Crippen molar-refractivity contribution >= 4 is 21.4 Å². The first-order valence-corrected chi connectivity index (χ1v) is 8.14. The maximum Gasteiger partial charge on any atom is 0.242 e. The molecule has 0 aliphatic rings. The van der Waals surface area contributed by atoms with Crippen LogP contribution in [0.2, 0.25) is 0 Å². The molecule has 0 bridgehead atoms. The summed E-state index contributed by atoms with van der Waals surface area (Å²) < 4.78 is 26.7. The molecule has 20 heavy (non-hydrogen) atoms. The second-order valence-electron chi connectivity index (χ2n) is 4.27. The molecule has 2 aromatic rings. The van der Waals surface area contributed by atoms with E-state index in [0.29, 0.717) is 0 Å². The highest BCUT2D eigenvalue weighted by atomic mass is 32.2. The number of thiophene rings is 1. The molecule has 104 valence electrons. The Balaban J connectivity index is 2.12. The van der Waals surface area contributed by atoms with E-state index in [1.807, 2.05) is 26.0 Å². The average molecular weight is 307 g/mol. The van der Waals surface area contributed by atoms with Gasteiger partial charge >= 0.3 is 0 Å². The molecule has 1 N–H and O–H groups in total. The number of pyridine rings is 1. The molecule has 2 rings (SSSR count). The Bertz CT molecular complexity index is 736. The van der Waals surface area contributed by atoms with E-state index >= 15 is 0 Å². The fourth-order valence-corrected chi connectivity index (χ4v) is 3.63. The van der Waals surface area contributed by atoms with E-state index in [-0.39, 0.29) is 17.1 Å². The third kappa shape index (κ3) is 3.22. The molecule has 0 aliphatic carbocycles. The average Bonchev–Trinajstić information content (AvgIpc) is 2.76. The minimum absolute atomic E-state index is 0.0569. The van der Waals surface area contributed by atoms with E-state index in [9.17, 15) is 8.42 Å². The number of rotatable bonds is 4. The van der Waals surface area contributed by atoms with Gasteiger partial charge in [-0.05, 0) is 37.6 Å². The summed E-state index contributed by atoms with van der Waals surface area (Å²) in [5, 5.41) is 8.64. The van der Waals surface area contributed by atoms with Crippen LogP contribution in [0.4, 0.5) is 0 Å². The molecule has 0 aliphatic heterocycles. The van der Waals surface area contributed by atoms with Crippen LogP contribution in [-0.2, 0) is 16.6 Å². The van der Waals surface area contributed by atoms with Gasteiger partial charge in [0.15, 0.2) is 0 Å². The van der Waals surface area contributed by atoms with Crippen LogP contribution in [0.5, 0.6) is 0 Å². The Morgan fingerprint density at radius 2 is 2.15 bits per heavy atom. The van der Waals surface area contributed by atoms with Crippen molar-refractivity contribution in [3.05, 3.63) is 45.4 Å². The molecule has 0 amide bonds. The number of hydrogen-bond acceptors (Lipinski definition) is 5. The van der Waals surface area contributed by atoms with Crippen LogP contribution in [0.3, 0.4) is 0 Å². The van der Waals surface area contributed by atoms with E-state index in [1.54, 1.807) is 11.3 Å². The minimum Gasteiger partial charge on any atom is -0.244 e. The lowest BCUT2D eigenvalue weighted by Gasteiger charge is -2.05. The van der Waals surface area contributed by atoms with Crippen molar-refractivity contribution in [2.75, 3.05) is 0 Å². The second-order valence-corrected chi connectivity index (χ2v) is 7.38. The third-order valence-corrected chi connectivity index (χ3v) is 5.35. The van der Waals surface area contributed by atoms with Gasteiger partial charge in [0, 0.05) is 22.5 Å². The van der Waals surface area contributed by atoms with Crippen LogP contribution in [0, 0.1) is 25.2 Å². The van der Waals surface area contributed by atoms with Crippen LogP contribution in [0.15, 0.2) is 29.3 Å². The maximum atomic E-state index is 12.1. The predicted molar refractivity (Wildman–Crippen MR) is 76.8 cm³/mol. The molecule has 2 heterocycles. The second kappa shape index (κ2) is 5.71. The highest BCUT2D eigenvalue weighted by Crippen LogP contribution is 2.20. The lowest BCUT2D eigenvalue weighted by Crippen LogP contribution is -2.23. The summed E-state index contributed by atoms with van der Waals surface area (Å²) >= 11 is 1.57. The first-order chi connectivity index (χ1) is 9.42. The first-order valence-electron chi connectivity index (χ1n) is 5.84. The summed E-state index contributed by atoms with van der Waals surface area (Å²) in [5.41, 5.74) is 1.35. The fraction of sp³-hybridized carbons (Fsp3) is 0.231. The van der Waals surface area contributed by atoms with E-state index in [2.05, 4.69) is 9.71 Å². The van der Waals surface area contributed by atoms with Gasteiger partial charge in [-0.2, -0.15) is 5.26 Å². The lowest BCUT2D eigenvalue weighted by atomic mass is 10.3. The molecule has 0 unspecified atom stereocenters. The summed E-state index contributed by atoms with van der Waals surface area (Å²) in [4.78, 5) is 5.96. The molecule has 7 heteroatoms. The minimum atomic E-state index is -3.60. The smallest absolute Gasteiger partial charge is 0.242 e. The van der Waals surface area contributed by atoms with Crippen molar-refractivity contribution in [3.63, 3.8) is 0 Å². The summed E-state index contributed by atoms with van der Waals surface area (Å²) in [5.74, 6) is 0. The summed E-state index contributed by atoms with van der Waals surface area (Å²) in [7, 11) is -3.60. The summed E-state index contributed by atoms with van der Waals surface area (Å²) in [6.45, 7) is 4.25. The first kappa shape index (κ1) is 14.7. The molecule has 0 radical (unpaired) electrons. The Morgan fingerprint density at radius 3 is 2.65 bits per heavy atom.